The maximum absolute atomic E-state index is 13.2. The van der Waals surface area contributed by atoms with E-state index in [0.717, 1.165) is 29.5 Å². The quantitative estimate of drug-likeness (QED) is 0.447. The summed E-state index contributed by atoms with van der Waals surface area (Å²) in [5.41, 5.74) is 2.36. The van der Waals surface area contributed by atoms with Crippen LogP contribution in [0.1, 0.15) is 50.2 Å². The van der Waals surface area contributed by atoms with Gasteiger partial charge in [-0.15, -0.1) is 11.8 Å². The van der Waals surface area contributed by atoms with Gasteiger partial charge in [-0.05, 0) is 49.4 Å². The van der Waals surface area contributed by atoms with E-state index >= 15 is 0 Å². The predicted molar refractivity (Wildman–Crippen MR) is 137 cm³/mol. The van der Waals surface area contributed by atoms with E-state index in [1.165, 1.54) is 30.4 Å². The molecule has 1 saturated carbocycles. The smallest absolute Gasteiger partial charge is 0.242 e. The molecule has 2 amide bonds. The number of carbonyl (C=O) groups is 2. The van der Waals surface area contributed by atoms with Gasteiger partial charge in [-0.1, -0.05) is 77.7 Å². The first-order valence-electron chi connectivity index (χ1n) is 11.5. The predicted octanol–water partition coefficient (Wildman–Crippen LogP) is 5.59. The molecule has 0 heterocycles. The van der Waals surface area contributed by atoms with Crippen molar-refractivity contribution in [2.45, 2.75) is 63.3 Å². The van der Waals surface area contributed by atoms with Gasteiger partial charge in [0.15, 0.2) is 0 Å². The number of thioether (sulfide) groups is 1. The second-order valence-electron chi connectivity index (χ2n) is 8.46. The van der Waals surface area contributed by atoms with Crippen LogP contribution in [-0.2, 0) is 21.8 Å². The number of nitrogens with zero attached hydrogens (tertiary/aromatic N) is 1. The lowest BCUT2D eigenvalue weighted by atomic mass is 9.95. The minimum Gasteiger partial charge on any atom is -0.352 e. The fraction of sp³-hybridized carbons (Fsp3) is 0.462. The van der Waals surface area contributed by atoms with Gasteiger partial charge in [0, 0.05) is 22.8 Å². The van der Waals surface area contributed by atoms with E-state index in [4.69, 9.17) is 0 Å². The molecule has 3 rings (SSSR count). The number of carbonyl (C=O) groups excluding carboxylic acids is 2. The van der Waals surface area contributed by atoms with E-state index in [0.29, 0.717) is 12.3 Å². The van der Waals surface area contributed by atoms with E-state index in [1.54, 1.807) is 16.7 Å². The van der Waals surface area contributed by atoms with Crippen LogP contribution in [0.5, 0.6) is 0 Å². The van der Waals surface area contributed by atoms with E-state index < -0.39 is 6.04 Å². The zero-order valence-corrected chi connectivity index (χ0v) is 21.2. The highest BCUT2D eigenvalue weighted by atomic mass is 79.9. The summed E-state index contributed by atoms with van der Waals surface area (Å²) in [7, 11) is 0. The van der Waals surface area contributed by atoms with Crippen molar-refractivity contribution in [1.29, 1.82) is 0 Å². The van der Waals surface area contributed by atoms with E-state index in [2.05, 4.69) is 45.5 Å². The Morgan fingerprint density at radius 3 is 2.41 bits per heavy atom. The topological polar surface area (TPSA) is 49.4 Å². The highest BCUT2D eigenvalue weighted by molar-refractivity contribution is 9.10. The zero-order chi connectivity index (χ0) is 22.8. The van der Waals surface area contributed by atoms with Gasteiger partial charge in [0.05, 0.1) is 5.75 Å². The molecule has 0 bridgehead atoms. The van der Waals surface area contributed by atoms with Crippen LogP contribution in [0.3, 0.4) is 0 Å². The normalized spacial score (nSPS) is 15.2. The van der Waals surface area contributed by atoms with Crippen molar-refractivity contribution in [2.24, 2.45) is 0 Å². The Balaban J connectivity index is 1.59. The van der Waals surface area contributed by atoms with Gasteiger partial charge in [0.2, 0.25) is 11.8 Å². The first-order valence-corrected chi connectivity index (χ1v) is 13.4. The molecule has 0 saturated heterocycles. The summed E-state index contributed by atoms with van der Waals surface area (Å²) in [5.74, 6) is 1.13. The monoisotopic (exact) mass is 516 g/mol. The van der Waals surface area contributed by atoms with Crippen molar-refractivity contribution in [1.82, 2.24) is 10.2 Å². The van der Waals surface area contributed by atoms with Crippen molar-refractivity contribution in [3.63, 3.8) is 0 Å². The summed E-state index contributed by atoms with van der Waals surface area (Å²) in [4.78, 5) is 27.9. The summed E-state index contributed by atoms with van der Waals surface area (Å²) in [6.07, 6.45) is 6.41. The zero-order valence-electron chi connectivity index (χ0n) is 18.8. The first-order chi connectivity index (χ1) is 15.5. The molecule has 0 unspecified atom stereocenters. The molecule has 2 aromatic rings. The Morgan fingerprint density at radius 1 is 1.03 bits per heavy atom. The molecule has 0 spiro atoms. The van der Waals surface area contributed by atoms with Crippen molar-refractivity contribution in [2.75, 3.05) is 12.3 Å². The van der Waals surface area contributed by atoms with E-state index in [1.807, 2.05) is 37.3 Å². The molecular formula is C26H33BrN2O2S. The molecule has 1 N–H and O–H groups in total. The lowest BCUT2D eigenvalue weighted by Crippen LogP contribution is -2.51. The fourth-order valence-corrected chi connectivity index (χ4v) is 5.19. The number of nitrogens with one attached hydrogen (secondary N) is 1. The largest absolute Gasteiger partial charge is 0.352 e. The number of rotatable bonds is 10. The Hall–Kier alpha value is -1.79. The van der Waals surface area contributed by atoms with Crippen molar-refractivity contribution in [3.8, 4) is 0 Å². The van der Waals surface area contributed by atoms with Crippen molar-refractivity contribution in [3.05, 3.63) is 70.2 Å². The molecule has 1 atom stereocenters. The molecule has 0 aromatic heterocycles. The fourth-order valence-electron chi connectivity index (χ4n) is 4.06. The summed E-state index contributed by atoms with van der Waals surface area (Å²) in [5, 5.41) is 3.20. The highest BCUT2D eigenvalue weighted by Crippen LogP contribution is 2.19. The minimum atomic E-state index is -0.471. The average molecular weight is 518 g/mol. The molecule has 1 aliphatic rings. The molecule has 2 aromatic carbocycles. The molecule has 172 valence electrons. The number of hydrogen-bond donors (Lipinski definition) is 1. The second kappa shape index (κ2) is 13.0. The Labute approximate surface area is 204 Å². The number of hydrogen-bond acceptors (Lipinski definition) is 3. The molecule has 1 fully saturated rings. The van der Waals surface area contributed by atoms with E-state index in [9.17, 15) is 9.59 Å². The van der Waals surface area contributed by atoms with Gasteiger partial charge in [0.1, 0.15) is 6.04 Å². The second-order valence-corrected chi connectivity index (χ2v) is 10.4. The molecule has 1 aliphatic carbocycles. The van der Waals surface area contributed by atoms with Gasteiger partial charge in [0.25, 0.3) is 0 Å². The van der Waals surface area contributed by atoms with Crippen molar-refractivity contribution >= 4 is 39.5 Å². The Bertz CT molecular complexity index is 854. The maximum Gasteiger partial charge on any atom is 0.242 e. The van der Waals surface area contributed by atoms with Crippen LogP contribution >= 0.6 is 27.7 Å². The average Bonchev–Trinajstić information content (AvgIpc) is 2.81. The van der Waals surface area contributed by atoms with Crippen LogP contribution in [0.4, 0.5) is 0 Å². The third-order valence-corrected chi connectivity index (χ3v) is 7.53. The molecule has 0 radical (unpaired) electrons. The standard InChI is InChI=1S/C26H33BrN2O2S/c1-20(26(31)28-24-10-6-3-7-11-24)29(17-16-21-8-4-2-5-9-21)25(30)19-32-18-22-12-14-23(27)15-13-22/h2,4-5,8-9,12-15,20,24H,3,6-7,10-11,16-19H2,1H3,(H,28,31)/t20-/m0/s1. The Kier molecular flexibility index (Phi) is 10.1. The van der Waals surface area contributed by atoms with E-state index in [-0.39, 0.29) is 17.9 Å². The SMILES string of the molecule is C[C@@H](C(=O)NC1CCCCC1)N(CCc1ccccc1)C(=O)CSCc1ccc(Br)cc1. The van der Waals surface area contributed by atoms with Crippen molar-refractivity contribution < 1.29 is 9.59 Å². The third-order valence-electron chi connectivity index (χ3n) is 6.01. The summed E-state index contributed by atoms with van der Waals surface area (Å²) in [6.45, 7) is 2.40. The van der Waals surface area contributed by atoms with Crippen LogP contribution in [0.15, 0.2) is 59.1 Å². The number of halogens is 1. The third kappa shape index (κ3) is 7.96. The number of benzene rings is 2. The van der Waals surface area contributed by atoms with Gasteiger partial charge in [-0.2, -0.15) is 0 Å². The lowest BCUT2D eigenvalue weighted by Gasteiger charge is -2.31. The van der Waals surface area contributed by atoms with Crippen LogP contribution in [0.2, 0.25) is 0 Å². The minimum absolute atomic E-state index is 0.0225. The van der Waals surface area contributed by atoms with Gasteiger partial charge in [-0.25, -0.2) is 0 Å². The van der Waals surface area contributed by atoms with Crippen LogP contribution in [0, 0.1) is 0 Å². The van der Waals surface area contributed by atoms with Gasteiger partial charge < -0.3 is 10.2 Å². The first kappa shape index (κ1) is 24.8. The molecule has 6 heteroatoms. The lowest BCUT2D eigenvalue weighted by molar-refractivity contribution is -0.138. The highest BCUT2D eigenvalue weighted by Gasteiger charge is 2.27. The van der Waals surface area contributed by atoms with Gasteiger partial charge >= 0.3 is 0 Å². The molecule has 32 heavy (non-hydrogen) atoms. The maximum atomic E-state index is 13.2. The Morgan fingerprint density at radius 2 is 1.72 bits per heavy atom. The van der Waals surface area contributed by atoms with Gasteiger partial charge in [-0.3, -0.25) is 9.59 Å². The summed E-state index contributed by atoms with van der Waals surface area (Å²) < 4.78 is 1.05. The molecule has 4 nitrogen and oxygen atoms in total. The van der Waals surface area contributed by atoms with Crippen LogP contribution < -0.4 is 5.32 Å². The summed E-state index contributed by atoms with van der Waals surface area (Å²) >= 11 is 5.05. The van der Waals surface area contributed by atoms with Crippen LogP contribution in [0.25, 0.3) is 0 Å². The number of amides is 2. The molecule has 0 aliphatic heterocycles. The van der Waals surface area contributed by atoms with Crippen LogP contribution in [-0.4, -0.2) is 41.1 Å². The summed E-state index contributed by atoms with van der Waals surface area (Å²) in [6, 6.07) is 18.1. The molecular weight excluding hydrogens is 484 g/mol.